The number of amides is 1. The standard InChI is InChI=1S/C18H21ClN2O4/c19-12-2-1-3-13-11(12)10-14(20-13)17(24)21-7-5-18(6-8-21)16(23)15(22)4-9-25-18/h1-3,10,15-16,20,22-23H,4-9H2/t15-,16-/m0/s1. The smallest absolute Gasteiger partial charge is 0.270 e. The fraction of sp³-hybridized carbons (Fsp3) is 0.500. The molecule has 2 saturated heterocycles. The van der Waals surface area contributed by atoms with E-state index in [-0.39, 0.29) is 5.91 Å². The van der Waals surface area contributed by atoms with Crippen molar-refractivity contribution in [2.24, 2.45) is 0 Å². The second-order valence-electron chi connectivity index (χ2n) is 6.89. The van der Waals surface area contributed by atoms with Gasteiger partial charge in [-0.3, -0.25) is 4.79 Å². The maximum Gasteiger partial charge on any atom is 0.270 e. The van der Waals surface area contributed by atoms with Crippen LogP contribution in [0, 0.1) is 0 Å². The lowest BCUT2D eigenvalue weighted by atomic mass is 9.80. The number of carbonyl (C=O) groups excluding carboxylic acids is 1. The van der Waals surface area contributed by atoms with E-state index in [0.717, 1.165) is 10.9 Å². The lowest BCUT2D eigenvalue weighted by Gasteiger charge is -2.48. The molecule has 6 nitrogen and oxygen atoms in total. The third-order valence-electron chi connectivity index (χ3n) is 5.44. The lowest BCUT2D eigenvalue weighted by molar-refractivity contribution is -0.212. The Morgan fingerprint density at radius 1 is 1.32 bits per heavy atom. The van der Waals surface area contributed by atoms with Gasteiger partial charge in [0.15, 0.2) is 0 Å². The van der Waals surface area contributed by atoms with Crippen LogP contribution in [0.25, 0.3) is 10.9 Å². The second kappa shape index (κ2) is 6.29. The monoisotopic (exact) mass is 364 g/mol. The number of H-pyrrole nitrogens is 1. The summed E-state index contributed by atoms with van der Waals surface area (Å²) in [5.74, 6) is -0.0898. The Kier molecular flexibility index (Phi) is 4.24. The molecule has 0 radical (unpaired) electrons. The molecule has 1 amide bonds. The van der Waals surface area contributed by atoms with Crippen molar-refractivity contribution in [2.45, 2.75) is 37.1 Å². The summed E-state index contributed by atoms with van der Waals surface area (Å²) in [6.45, 7) is 1.39. The van der Waals surface area contributed by atoms with Gasteiger partial charge in [0.25, 0.3) is 5.91 Å². The van der Waals surface area contributed by atoms with E-state index in [2.05, 4.69) is 4.98 Å². The van der Waals surface area contributed by atoms with Crippen LogP contribution in [0.4, 0.5) is 0 Å². The van der Waals surface area contributed by atoms with Gasteiger partial charge in [-0.25, -0.2) is 0 Å². The number of hydrogen-bond donors (Lipinski definition) is 3. The number of fused-ring (bicyclic) bond motifs is 1. The third-order valence-corrected chi connectivity index (χ3v) is 5.77. The Bertz CT molecular complexity index is 797. The molecule has 0 aliphatic carbocycles. The van der Waals surface area contributed by atoms with Crippen molar-refractivity contribution in [2.75, 3.05) is 19.7 Å². The predicted molar refractivity (Wildman–Crippen MR) is 93.8 cm³/mol. The van der Waals surface area contributed by atoms with E-state index in [9.17, 15) is 15.0 Å². The predicted octanol–water partition coefficient (Wildman–Crippen LogP) is 1.94. The molecule has 2 aliphatic heterocycles. The summed E-state index contributed by atoms with van der Waals surface area (Å²) in [5.41, 5.74) is 0.598. The van der Waals surface area contributed by atoms with Crippen molar-refractivity contribution >= 4 is 28.4 Å². The van der Waals surface area contributed by atoms with Crippen LogP contribution in [0.2, 0.25) is 5.02 Å². The van der Waals surface area contributed by atoms with Gasteiger partial charge in [0, 0.05) is 29.0 Å². The maximum absolute atomic E-state index is 12.8. The highest BCUT2D eigenvalue weighted by Crippen LogP contribution is 2.36. The quantitative estimate of drug-likeness (QED) is 0.721. The number of hydrogen-bond acceptors (Lipinski definition) is 4. The molecule has 2 aromatic rings. The Balaban J connectivity index is 1.50. The molecule has 1 aromatic carbocycles. The van der Waals surface area contributed by atoms with Crippen molar-refractivity contribution in [3.8, 4) is 0 Å². The first kappa shape index (κ1) is 16.8. The summed E-state index contributed by atoms with van der Waals surface area (Å²) in [6.07, 6.45) is -0.186. The summed E-state index contributed by atoms with van der Waals surface area (Å²) in [5, 5.41) is 21.7. The zero-order valence-electron chi connectivity index (χ0n) is 13.7. The van der Waals surface area contributed by atoms with Crippen LogP contribution in [0.3, 0.4) is 0 Å². The van der Waals surface area contributed by atoms with E-state index in [1.165, 1.54) is 0 Å². The molecule has 4 rings (SSSR count). The number of aliphatic hydroxyl groups is 2. The van der Waals surface area contributed by atoms with E-state index in [1.54, 1.807) is 17.0 Å². The zero-order chi connectivity index (χ0) is 17.6. The Morgan fingerprint density at radius 3 is 2.80 bits per heavy atom. The van der Waals surface area contributed by atoms with Gasteiger partial charge in [0.2, 0.25) is 0 Å². The molecule has 2 atom stereocenters. The van der Waals surface area contributed by atoms with Gasteiger partial charge >= 0.3 is 0 Å². The molecule has 2 aliphatic rings. The molecule has 1 spiro atoms. The fourth-order valence-electron chi connectivity index (χ4n) is 3.91. The molecule has 0 saturated carbocycles. The average Bonchev–Trinajstić information content (AvgIpc) is 3.05. The molecule has 7 heteroatoms. The van der Waals surface area contributed by atoms with E-state index in [4.69, 9.17) is 16.3 Å². The maximum atomic E-state index is 12.8. The number of rotatable bonds is 1. The molecule has 3 N–H and O–H groups in total. The number of benzene rings is 1. The Morgan fingerprint density at radius 2 is 2.08 bits per heavy atom. The molecular weight excluding hydrogens is 344 g/mol. The summed E-state index contributed by atoms with van der Waals surface area (Å²) >= 11 is 6.18. The number of aromatic amines is 1. The summed E-state index contributed by atoms with van der Waals surface area (Å²) in [7, 11) is 0. The summed E-state index contributed by atoms with van der Waals surface area (Å²) in [4.78, 5) is 17.7. The molecular formula is C18H21ClN2O4. The van der Waals surface area contributed by atoms with Gasteiger partial charge in [-0.1, -0.05) is 17.7 Å². The van der Waals surface area contributed by atoms with Gasteiger partial charge in [0.05, 0.1) is 18.3 Å². The van der Waals surface area contributed by atoms with Crippen LogP contribution in [-0.2, 0) is 4.74 Å². The Hall–Kier alpha value is -1.60. The van der Waals surface area contributed by atoms with Gasteiger partial charge in [0.1, 0.15) is 11.8 Å². The minimum absolute atomic E-state index is 0.0898. The number of likely N-dealkylation sites (tertiary alicyclic amines) is 1. The first-order valence-electron chi connectivity index (χ1n) is 8.57. The zero-order valence-corrected chi connectivity index (χ0v) is 14.5. The number of aromatic nitrogens is 1. The van der Waals surface area contributed by atoms with E-state index >= 15 is 0 Å². The normalized spacial score (nSPS) is 26.3. The minimum Gasteiger partial charge on any atom is -0.390 e. The van der Waals surface area contributed by atoms with Crippen molar-refractivity contribution in [3.63, 3.8) is 0 Å². The number of carbonyl (C=O) groups is 1. The van der Waals surface area contributed by atoms with Gasteiger partial charge in [-0.15, -0.1) is 0 Å². The fourth-order valence-corrected chi connectivity index (χ4v) is 4.14. The third kappa shape index (κ3) is 2.83. The first-order valence-corrected chi connectivity index (χ1v) is 8.95. The molecule has 134 valence electrons. The van der Waals surface area contributed by atoms with Gasteiger partial charge in [-0.2, -0.15) is 0 Å². The minimum atomic E-state index is -0.898. The van der Waals surface area contributed by atoms with Gasteiger partial charge < -0.3 is 24.8 Å². The number of halogens is 1. The van der Waals surface area contributed by atoms with Crippen LogP contribution in [0.15, 0.2) is 24.3 Å². The van der Waals surface area contributed by atoms with Crippen LogP contribution in [0.1, 0.15) is 29.8 Å². The number of piperidine rings is 1. The summed E-state index contributed by atoms with van der Waals surface area (Å²) in [6, 6.07) is 7.30. The number of nitrogens with zero attached hydrogens (tertiary/aromatic N) is 1. The van der Waals surface area contributed by atoms with E-state index in [0.29, 0.717) is 49.7 Å². The van der Waals surface area contributed by atoms with Crippen LogP contribution in [-0.4, -0.2) is 63.5 Å². The van der Waals surface area contributed by atoms with Crippen LogP contribution in [0.5, 0.6) is 0 Å². The molecule has 1 aromatic heterocycles. The molecule has 0 bridgehead atoms. The second-order valence-corrected chi connectivity index (χ2v) is 7.30. The van der Waals surface area contributed by atoms with Crippen molar-refractivity contribution in [3.05, 3.63) is 35.0 Å². The summed E-state index contributed by atoms with van der Waals surface area (Å²) < 4.78 is 5.81. The van der Waals surface area contributed by atoms with Crippen molar-refractivity contribution in [1.82, 2.24) is 9.88 Å². The van der Waals surface area contributed by atoms with Crippen LogP contribution < -0.4 is 0 Å². The first-order chi connectivity index (χ1) is 12.0. The number of aliphatic hydroxyl groups excluding tert-OH is 2. The van der Waals surface area contributed by atoms with E-state index < -0.39 is 17.8 Å². The highest BCUT2D eigenvalue weighted by molar-refractivity contribution is 6.35. The largest absolute Gasteiger partial charge is 0.390 e. The molecule has 25 heavy (non-hydrogen) atoms. The molecule has 2 fully saturated rings. The van der Waals surface area contributed by atoms with Crippen molar-refractivity contribution in [1.29, 1.82) is 0 Å². The van der Waals surface area contributed by atoms with Crippen molar-refractivity contribution < 1.29 is 19.7 Å². The highest BCUT2D eigenvalue weighted by Gasteiger charge is 2.48. The number of ether oxygens (including phenoxy) is 1. The van der Waals surface area contributed by atoms with E-state index in [1.807, 2.05) is 12.1 Å². The highest BCUT2D eigenvalue weighted by atomic mass is 35.5. The SMILES string of the molecule is O=C(c1cc2c(Cl)cccc2[nH]1)N1CCC2(CC1)OCC[C@H](O)[C@@H]2O. The van der Waals surface area contributed by atoms with Crippen LogP contribution >= 0.6 is 11.6 Å². The van der Waals surface area contributed by atoms with Gasteiger partial charge in [-0.05, 0) is 37.5 Å². The average molecular weight is 365 g/mol. The number of nitrogens with one attached hydrogen (secondary N) is 1. The molecule has 0 unspecified atom stereocenters. The molecule has 3 heterocycles. The topological polar surface area (TPSA) is 85.8 Å². The Labute approximate surface area is 150 Å². The lowest BCUT2D eigenvalue weighted by Crippen LogP contribution is -2.60.